The highest BCUT2D eigenvalue weighted by atomic mass is 32.2. The molecule has 1 aromatic carbocycles. The van der Waals surface area contributed by atoms with Crippen LogP contribution in [0.1, 0.15) is 43.5 Å². The fourth-order valence-corrected chi connectivity index (χ4v) is 4.35. The molecule has 1 heterocycles. The number of likely N-dealkylation sites (tertiary alicyclic amines) is 1. The Kier molecular flexibility index (Phi) is 7.52. The molecule has 2 rings (SSSR count). The lowest BCUT2D eigenvalue weighted by molar-refractivity contribution is -0.122. The number of Topliss-reactive ketones (excluding diaryl/α,β-unsaturated/α-hetero) is 1. The summed E-state index contributed by atoms with van der Waals surface area (Å²) >= 11 is 0. The lowest BCUT2D eigenvalue weighted by atomic mass is 10.0. The Morgan fingerprint density at radius 3 is 2.30 bits per heavy atom. The molecule has 0 unspecified atom stereocenters. The van der Waals surface area contributed by atoms with Crippen molar-refractivity contribution in [3.05, 3.63) is 29.8 Å². The molecule has 150 valence electrons. The van der Waals surface area contributed by atoms with Crippen LogP contribution in [-0.4, -0.2) is 68.6 Å². The number of piperidine rings is 1. The van der Waals surface area contributed by atoms with Crippen LogP contribution in [0.25, 0.3) is 0 Å². The highest BCUT2D eigenvalue weighted by molar-refractivity contribution is 7.89. The second kappa shape index (κ2) is 9.43. The maximum Gasteiger partial charge on any atom is 0.243 e. The lowest BCUT2D eigenvalue weighted by Gasteiger charge is -2.32. The summed E-state index contributed by atoms with van der Waals surface area (Å²) in [6.45, 7) is 6.32. The van der Waals surface area contributed by atoms with Crippen molar-refractivity contribution in [1.82, 2.24) is 14.5 Å². The van der Waals surface area contributed by atoms with Gasteiger partial charge < -0.3 is 10.2 Å². The van der Waals surface area contributed by atoms with Gasteiger partial charge in [-0.05, 0) is 44.9 Å². The number of likely N-dealkylation sites (N-methyl/N-ethyl adjacent to an activating group) is 1. The zero-order chi connectivity index (χ0) is 20.0. The molecule has 0 saturated carbocycles. The number of carbonyl (C=O) groups excluding carboxylic acids is 2. The summed E-state index contributed by atoms with van der Waals surface area (Å²) in [4.78, 5) is 26.0. The van der Waals surface area contributed by atoms with Crippen molar-refractivity contribution in [3.63, 3.8) is 0 Å². The van der Waals surface area contributed by atoms with Gasteiger partial charge in [0.15, 0.2) is 5.78 Å². The predicted octanol–water partition coefficient (Wildman–Crippen LogP) is 1.50. The highest BCUT2D eigenvalue weighted by Gasteiger charge is 2.25. The van der Waals surface area contributed by atoms with Gasteiger partial charge in [-0.3, -0.25) is 9.59 Å². The molecule has 7 nitrogen and oxygen atoms in total. The number of nitrogens with one attached hydrogen (secondary N) is 1. The Morgan fingerprint density at radius 2 is 1.78 bits per heavy atom. The van der Waals surface area contributed by atoms with E-state index >= 15 is 0 Å². The molecule has 1 aromatic rings. The van der Waals surface area contributed by atoms with E-state index in [2.05, 4.69) is 17.1 Å². The van der Waals surface area contributed by atoms with Crippen molar-refractivity contribution in [2.24, 2.45) is 0 Å². The number of carbonyl (C=O) groups is 2. The molecule has 1 amide bonds. The molecule has 0 atom stereocenters. The van der Waals surface area contributed by atoms with Crippen LogP contribution in [0.3, 0.4) is 0 Å². The maximum absolute atomic E-state index is 12.6. The van der Waals surface area contributed by atoms with Crippen molar-refractivity contribution in [1.29, 1.82) is 0 Å². The van der Waals surface area contributed by atoms with E-state index in [9.17, 15) is 18.0 Å². The Labute approximate surface area is 161 Å². The summed E-state index contributed by atoms with van der Waals surface area (Å²) in [6, 6.07) is 5.84. The van der Waals surface area contributed by atoms with Crippen LogP contribution in [-0.2, 0) is 14.8 Å². The number of sulfonamides is 1. The van der Waals surface area contributed by atoms with Crippen LogP contribution < -0.4 is 5.32 Å². The zero-order valence-corrected chi connectivity index (χ0v) is 17.1. The van der Waals surface area contributed by atoms with Crippen molar-refractivity contribution in [3.8, 4) is 0 Å². The molecule has 0 aliphatic carbocycles. The second-order valence-electron chi connectivity index (χ2n) is 7.03. The Morgan fingerprint density at radius 1 is 1.19 bits per heavy atom. The summed E-state index contributed by atoms with van der Waals surface area (Å²) < 4.78 is 26.3. The van der Waals surface area contributed by atoms with Gasteiger partial charge in [0, 0.05) is 31.7 Å². The van der Waals surface area contributed by atoms with E-state index < -0.39 is 10.0 Å². The van der Waals surface area contributed by atoms with Crippen LogP contribution in [0.5, 0.6) is 0 Å². The third kappa shape index (κ3) is 5.85. The Balaban J connectivity index is 1.90. The average Bonchev–Trinajstić information content (AvgIpc) is 2.63. The van der Waals surface area contributed by atoms with E-state index in [1.807, 2.05) is 0 Å². The minimum Gasteiger partial charge on any atom is -0.352 e. The van der Waals surface area contributed by atoms with Gasteiger partial charge in [0.25, 0.3) is 0 Å². The molecule has 1 fully saturated rings. The van der Waals surface area contributed by atoms with Crippen molar-refractivity contribution >= 4 is 21.7 Å². The van der Waals surface area contributed by atoms with Gasteiger partial charge >= 0.3 is 0 Å². The second-order valence-corrected chi connectivity index (χ2v) is 9.07. The first kappa shape index (κ1) is 21.5. The van der Waals surface area contributed by atoms with Crippen LogP contribution >= 0.6 is 0 Å². The molecular weight excluding hydrogens is 366 g/mol. The summed E-state index contributed by atoms with van der Waals surface area (Å²) in [6.07, 6.45) is 2.89. The van der Waals surface area contributed by atoms with E-state index in [-0.39, 0.29) is 29.2 Å². The van der Waals surface area contributed by atoms with Gasteiger partial charge in [0.2, 0.25) is 15.9 Å². The van der Waals surface area contributed by atoms with Gasteiger partial charge in [-0.15, -0.1) is 0 Å². The molecule has 1 saturated heterocycles. The maximum atomic E-state index is 12.6. The first-order valence-electron chi connectivity index (χ1n) is 9.33. The first-order chi connectivity index (χ1) is 12.7. The van der Waals surface area contributed by atoms with Gasteiger partial charge in [-0.25, -0.2) is 8.42 Å². The van der Waals surface area contributed by atoms with Gasteiger partial charge in [0.1, 0.15) is 0 Å². The van der Waals surface area contributed by atoms with E-state index in [0.717, 1.165) is 43.2 Å². The molecule has 0 aromatic heterocycles. The molecule has 1 N–H and O–H groups in total. The van der Waals surface area contributed by atoms with Crippen LogP contribution in [0.4, 0.5) is 0 Å². The number of amides is 1. The molecule has 8 heteroatoms. The molecule has 0 spiro atoms. The summed E-state index contributed by atoms with van der Waals surface area (Å²) in [5.41, 5.74) is 0.448. The molecule has 1 aliphatic rings. The van der Waals surface area contributed by atoms with Gasteiger partial charge in [-0.2, -0.15) is 4.31 Å². The minimum absolute atomic E-state index is 0.0654. The third-order valence-electron chi connectivity index (χ3n) is 4.83. The molecular formula is C19H29N3O4S. The van der Waals surface area contributed by atoms with Crippen molar-refractivity contribution in [2.45, 2.75) is 44.0 Å². The number of hydrogen-bond acceptors (Lipinski definition) is 5. The standard InChI is InChI=1S/C19H29N3O4S/c1-4-11-22-12-9-17(10-13-22)20-19(24)14-21(3)27(25,26)18-7-5-16(6-8-18)15(2)23/h5-8,17H,4,9-14H2,1-3H3,(H,20,24). The Bertz CT molecular complexity index is 754. The van der Waals surface area contributed by atoms with E-state index in [0.29, 0.717) is 5.56 Å². The SMILES string of the molecule is CCCN1CCC(NC(=O)CN(C)S(=O)(=O)c2ccc(C(C)=O)cc2)CC1. The number of rotatable bonds is 8. The van der Waals surface area contributed by atoms with Crippen molar-refractivity contribution < 1.29 is 18.0 Å². The molecule has 1 aliphatic heterocycles. The fraction of sp³-hybridized carbons (Fsp3) is 0.579. The zero-order valence-electron chi connectivity index (χ0n) is 16.3. The third-order valence-corrected chi connectivity index (χ3v) is 6.65. The number of ketones is 1. The van der Waals surface area contributed by atoms with Gasteiger partial charge in [-0.1, -0.05) is 19.1 Å². The topological polar surface area (TPSA) is 86.8 Å². The number of benzene rings is 1. The Hall–Kier alpha value is -1.77. The normalized spacial score (nSPS) is 16.4. The largest absolute Gasteiger partial charge is 0.352 e. The van der Waals surface area contributed by atoms with Crippen molar-refractivity contribution in [2.75, 3.05) is 33.2 Å². The molecule has 0 bridgehead atoms. The average molecular weight is 396 g/mol. The predicted molar refractivity (Wildman–Crippen MR) is 104 cm³/mol. The molecule has 0 radical (unpaired) electrons. The lowest BCUT2D eigenvalue weighted by Crippen LogP contribution is -2.47. The van der Waals surface area contributed by atoms with Crippen LogP contribution in [0.2, 0.25) is 0 Å². The highest BCUT2D eigenvalue weighted by Crippen LogP contribution is 2.16. The van der Waals surface area contributed by atoms with Crippen LogP contribution in [0, 0.1) is 0 Å². The summed E-state index contributed by atoms with van der Waals surface area (Å²) in [5, 5.41) is 2.94. The monoisotopic (exact) mass is 395 g/mol. The first-order valence-corrected chi connectivity index (χ1v) is 10.8. The van der Waals surface area contributed by atoms with E-state index in [1.165, 1.54) is 38.2 Å². The number of hydrogen-bond donors (Lipinski definition) is 1. The van der Waals surface area contributed by atoms with Gasteiger partial charge in [0.05, 0.1) is 11.4 Å². The summed E-state index contributed by atoms with van der Waals surface area (Å²) in [5.74, 6) is -0.424. The number of nitrogens with zero attached hydrogens (tertiary/aromatic N) is 2. The quantitative estimate of drug-likeness (QED) is 0.674. The van der Waals surface area contributed by atoms with E-state index in [4.69, 9.17) is 0 Å². The van der Waals surface area contributed by atoms with E-state index in [1.54, 1.807) is 0 Å². The van der Waals surface area contributed by atoms with Crippen LogP contribution in [0.15, 0.2) is 29.2 Å². The smallest absolute Gasteiger partial charge is 0.243 e. The molecule has 27 heavy (non-hydrogen) atoms. The fourth-order valence-electron chi connectivity index (χ4n) is 3.22. The minimum atomic E-state index is -3.78. The summed E-state index contributed by atoms with van der Waals surface area (Å²) in [7, 11) is -2.39.